The first kappa shape index (κ1) is 19.1. The number of esters is 1. The van der Waals surface area contributed by atoms with E-state index in [1.54, 1.807) is 18.2 Å². The van der Waals surface area contributed by atoms with Crippen molar-refractivity contribution in [2.75, 3.05) is 13.2 Å². The van der Waals surface area contributed by atoms with Crippen molar-refractivity contribution in [1.82, 2.24) is 14.9 Å². The number of aromatic amines is 1. The molecule has 0 saturated carbocycles. The second kappa shape index (κ2) is 8.79. The first-order valence-corrected chi connectivity index (χ1v) is 9.51. The highest BCUT2D eigenvalue weighted by Gasteiger charge is 2.25. The van der Waals surface area contributed by atoms with E-state index >= 15 is 0 Å². The van der Waals surface area contributed by atoms with Crippen molar-refractivity contribution in [1.29, 1.82) is 0 Å². The molecule has 1 aromatic carbocycles. The van der Waals surface area contributed by atoms with Crippen LogP contribution in [-0.4, -0.2) is 45.9 Å². The molecule has 1 amide bonds. The minimum absolute atomic E-state index is 0.0613. The number of H-pyrrole nitrogens is 1. The van der Waals surface area contributed by atoms with Crippen molar-refractivity contribution in [3.63, 3.8) is 0 Å². The number of hydrogen-bond acceptors (Lipinski definition) is 5. The lowest BCUT2D eigenvalue weighted by Crippen LogP contribution is -2.45. The molecule has 144 valence electrons. The summed E-state index contributed by atoms with van der Waals surface area (Å²) in [4.78, 5) is 45.2. The van der Waals surface area contributed by atoms with E-state index in [-0.39, 0.29) is 37.0 Å². The average molecular weight is 371 g/mol. The van der Waals surface area contributed by atoms with Gasteiger partial charge in [-0.05, 0) is 37.8 Å². The van der Waals surface area contributed by atoms with Gasteiger partial charge < -0.3 is 14.6 Å². The lowest BCUT2D eigenvalue weighted by molar-refractivity contribution is -0.153. The molecule has 27 heavy (non-hydrogen) atoms. The summed E-state index contributed by atoms with van der Waals surface area (Å²) < 4.78 is 5.14. The molecule has 7 nitrogen and oxygen atoms in total. The summed E-state index contributed by atoms with van der Waals surface area (Å²) in [5.41, 5.74) is 0.366. The Morgan fingerprint density at radius 2 is 2.11 bits per heavy atom. The van der Waals surface area contributed by atoms with E-state index in [2.05, 4.69) is 16.9 Å². The summed E-state index contributed by atoms with van der Waals surface area (Å²) in [5.74, 6) is -0.166. The Kier molecular flexibility index (Phi) is 6.21. The monoisotopic (exact) mass is 371 g/mol. The predicted molar refractivity (Wildman–Crippen MR) is 101 cm³/mol. The van der Waals surface area contributed by atoms with Gasteiger partial charge in [0, 0.05) is 19.0 Å². The average Bonchev–Trinajstić information content (AvgIpc) is 2.70. The molecule has 1 fully saturated rings. The standard InChI is InChI=1S/C20H25N3O4/c1-2-14-7-5-6-12-23(14)18(24)13-27-19(25)11-10-17-21-16-9-4-3-8-15(16)20(26)22-17/h3-4,8-9,14H,2,5-7,10-13H2,1H3,(H,21,22,26)/t14-/m1/s1. The highest BCUT2D eigenvalue weighted by molar-refractivity contribution is 5.81. The van der Waals surface area contributed by atoms with Crippen LogP contribution >= 0.6 is 0 Å². The second-order valence-corrected chi connectivity index (χ2v) is 6.84. The number of piperidine rings is 1. The number of para-hydroxylation sites is 1. The van der Waals surface area contributed by atoms with Crippen LogP contribution in [0.3, 0.4) is 0 Å². The van der Waals surface area contributed by atoms with Gasteiger partial charge in [-0.25, -0.2) is 4.98 Å². The summed E-state index contributed by atoms with van der Waals surface area (Å²) in [6.45, 7) is 2.58. The molecule has 1 aliphatic heterocycles. The van der Waals surface area contributed by atoms with E-state index in [0.717, 1.165) is 32.2 Å². The number of fused-ring (bicyclic) bond motifs is 1. The number of hydrogen-bond donors (Lipinski definition) is 1. The third kappa shape index (κ3) is 4.72. The fourth-order valence-corrected chi connectivity index (χ4v) is 3.52. The van der Waals surface area contributed by atoms with Crippen LogP contribution in [0.25, 0.3) is 10.9 Å². The summed E-state index contributed by atoms with van der Waals surface area (Å²) >= 11 is 0. The normalized spacial score (nSPS) is 17.1. The lowest BCUT2D eigenvalue weighted by atomic mass is 10.00. The molecule has 0 spiro atoms. The zero-order valence-electron chi connectivity index (χ0n) is 15.6. The molecular formula is C20H25N3O4. The van der Waals surface area contributed by atoms with Crippen molar-refractivity contribution in [3.05, 3.63) is 40.4 Å². The molecule has 0 unspecified atom stereocenters. The van der Waals surface area contributed by atoms with Gasteiger partial charge in [0.05, 0.1) is 17.3 Å². The highest BCUT2D eigenvalue weighted by Crippen LogP contribution is 2.19. The summed E-state index contributed by atoms with van der Waals surface area (Å²) in [7, 11) is 0. The van der Waals surface area contributed by atoms with Crippen molar-refractivity contribution in [2.45, 2.75) is 51.5 Å². The Balaban J connectivity index is 1.51. The van der Waals surface area contributed by atoms with Gasteiger partial charge in [0.15, 0.2) is 6.61 Å². The summed E-state index contributed by atoms with van der Waals surface area (Å²) in [5, 5.41) is 0.515. The minimum Gasteiger partial charge on any atom is -0.456 e. The van der Waals surface area contributed by atoms with Crippen LogP contribution < -0.4 is 5.56 Å². The van der Waals surface area contributed by atoms with E-state index in [1.807, 2.05) is 11.0 Å². The number of aryl methyl sites for hydroxylation is 1. The molecule has 3 rings (SSSR count). The minimum atomic E-state index is -0.468. The maximum Gasteiger partial charge on any atom is 0.306 e. The van der Waals surface area contributed by atoms with Gasteiger partial charge in [-0.15, -0.1) is 0 Å². The number of carbonyl (C=O) groups is 2. The van der Waals surface area contributed by atoms with E-state index in [4.69, 9.17) is 4.74 Å². The molecule has 0 aliphatic carbocycles. The Morgan fingerprint density at radius 3 is 2.93 bits per heavy atom. The Bertz CT molecular complexity index is 877. The molecule has 0 bridgehead atoms. The Morgan fingerprint density at radius 1 is 1.30 bits per heavy atom. The van der Waals surface area contributed by atoms with Gasteiger partial charge in [0.2, 0.25) is 0 Å². The van der Waals surface area contributed by atoms with E-state index in [1.165, 1.54) is 0 Å². The molecule has 2 heterocycles. The molecule has 1 N–H and O–H groups in total. The first-order valence-electron chi connectivity index (χ1n) is 9.51. The van der Waals surface area contributed by atoms with Crippen molar-refractivity contribution in [2.24, 2.45) is 0 Å². The van der Waals surface area contributed by atoms with Gasteiger partial charge in [0.25, 0.3) is 11.5 Å². The summed E-state index contributed by atoms with van der Waals surface area (Å²) in [6.07, 6.45) is 4.38. The van der Waals surface area contributed by atoms with E-state index < -0.39 is 5.97 Å². The fourth-order valence-electron chi connectivity index (χ4n) is 3.52. The molecule has 0 radical (unpaired) electrons. The molecule has 1 aliphatic rings. The maximum atomic E-state index is 12.3. The number of benzene rings is 1. The van der Waals surface area contributed by atoms with E-state index in [0.29, 0.717) is 16.7 Å². The lowest BCUT2D eigenvalue weighted by Gasteiger charge is -2.35. The Hall–Kier alpha value is -2.70. The van der Waals surface area contributed by atoms with Gasteiger partial charge in [-0.3, -0.25) is 14.4 Å². The first-order chi connectivity index (χ1) is 13.1. The highest BCUT2D eigenvalue weighted by atomic mass is 16.5. The van der Waals surface area contributed by atoms with Crippen molar-refractivity contribution < 1.29 is 14.3 Å². The quantitative estimate of drug-likeness (QED) is 0.786. The van der Waals surface area contributed by atoms with Gasteiger partial charge in [-0.2, -0.15) is 0 Å². The number of amides is 1. The number of carbonyl (C=O) groups excluding carboxylic acids is 2. The van der Waals surface area contributed by atoms with E-state index in [9.17, 15) is 14.4 Å². The van der Waals surface area contributed by atoms with Crippen LogP contribution in [-0.2, 0) is 20.7 Å². The number of ether oxygens (including phenoxy) is 1. The molecule has 1 aromatic heterocycles. The zero-order chi connectivity index (χ0) is 19.2. The van der Waals surface area contributed by atoms with Gasteiger partial charge >= 0.3 is 5.97 Å². The van der Waals surface area contributed by atoms with Crippen LogP contribution in [0.1, 0.15) is 44.9 Å². The van der Waals surface area contributed by atoms with Crippen molar-refractivity contribution in [3.8, 4) is 0 Å². The second-order valence-electron chi connectivity index (χ2n) is 6.84. The number of likely N-dealkylation sites (tertiary alicyclic amines) is 1. The number of nitrogens with one attached hydrogen (secondary N) is 1. The number of nitrogens with zero attached hydrogens (tertiary/aromatic N) is 2. The molecule has 7 heteroatoms. The third-order valence-corrected chi connectivity index (χ3v) is 5.00. The maximum absolute atomic E-state index is 12.3. The van der Waals surface area contributed by atoms with Crippen LogP contribution in [0, 0.1) is 0 Å². The fraction of sp³-hybridized carbons (Fsp3) is 0.500. The SMILES string of the molecule is CC[C@@H]1CCCCN1C(=O)COC(=O)CCc1nc2ccccc2c(=O)[nH]1. The van der Waals surface area contributed by atoms with Gasteiger partial charge in [0.1, 0.15) is 5.82 Å². The Labute approximate surface area is 157 Å². The zero-order valence-corrected chi connectivity index (χ0v) is 15.6. The molecule has 2 aromatic rings. The molecular weight excluding hydrogens is 346 g/mol. The molecule has 1 atom stereocenters. The third-order valence-electron chi connectivity index (χ3n) is 5.00. The van der Waals surface area contributed by atoms with Gasteiger partial charge in [-0.1, -0.05) is 19.1 Å². The smallest absolute Gasteiger partial charge is 0.306 e. The number of rotatable bonds is 6. The topological polar surface area (TPSA) is 92.4 Å². The predicted octanol–water partition coefficient (Wildman–Crippen LogP) is 2.19. The van der Waals surface area contributed by atoms with Crippen LogP contribution in [0.15, 0.2) is 29.1 Å². The van der Waals surface area contributed by atoms with Crippen LogP contribution in [0.2, 0.25) is 0 Å². The van der Waals surface area contributed by atoms with Crippen LogP contribution in [0.4, 0.5) is 0 Å². The van der Waals surface area contributed by atoms with Crippen molar-refractivity contribution >= 4 is 22.8 Å². The largest absolute Gasteiger partial charge is 0.456 e. The summed E-state index contributed by atoms with van der Waals surface area (Å²) in [6, 6.07) is 7.29. The number of aromatic nitrogens is 2. The van der Waals surface area contributed by atoms with Crippen LogP contribution in [0.5, 0.6) is 0 Å². The molecule has 1 saturated heterocycles.